The third kappa shape index (κ3) is 2.86. The molecule has 1 aliphatic heterocycles. The highest BCUT2D eigenvalue weighted by Crippen LogP contribution is 2.31. The maximum Gasteiger partial charge on any atom is 0.251 e. The minimum Gasteiger partial charge on any atom is -0.493 e. The molecule has 1 unspecified atom stereocenters. The highest BCUT2D eigenvalue weighted by Gasteiger charge is 2.23. The number of halogens is 2. The molecule has 2 aromatic carbocycles. The molecule has 0 spiro atoms. The fourth-order valence-corrected chi connectivity index (χ4v) is 2.42. The Balaban J connectivity index is 1.82. The summed E-state index contributed by atoms with van der Waals surface area (Å²) >= 11 is 0. The number of para-hydroxylation sites is 1. The van der Waals surface area contributed by atoms with E-state index in [1.807, 2.05) is 24.3 Å². The molecule has 0 aliphatic carbocycles. The number of fused-ring (bicyclic) bond motifs is 1. The zero-order valence-electron chi connectivity index (χ0n) is 11.1. The summed E-state index contributed by atoms with van der Waals surface area (Å²) < 4.78 is 31.8. The number of carbonyl (C=O) groups excluding carboxylic acids is 1. The van der Waals surface area contributed by atoms with Crippen LogP contribution in [0, 0.1) is 11.6 Å². The molecule has 3 nitrogen and oxygen atoms in total. The smallest absolute Gasteiger partial charge is 0.251 e. The van der Waals surface area contributed by atoms with E-state index in [-0.39, 0.29) is 11.6 Å². The Labute approximate surface area is 120 Å². The van der Waals surface area contributed by atoms with Crippen LogP contribution in [0.5, 0.6) is 5.75 Å². The van der Waals surface area contributed by atoms with Crippen LogP contribution in [0.1, 0.15) is 28.4 Å². The largest absolute Gasteiger partial charge is 0.493 e. The lowest BCUT2D eigenvalue weighted by atomic mass is 10.00. The summed E-state index contributed by atoms with van der Waals surface area (Å²) in [6.45, 7) is 0.486. The van der Waals surface area contributed by atoms with Crippen LogP contribution in [0.2, 0.25) is 0 Å². The van der Waals surface area contributed by atoms with Gasteiger partial charge < -0.3 is 10.1 Å². The van der Waals surface area contributed by atoms with Gasteiger partial charge in [0.2, 0.25) is 0 Å². The van der Waals surface area contributed by atoms with Crippen LogP contribution < -0.4 is 10.1 Å². The van der Waals surface area contributed by atoms with Gasteiger partial charge in [0, 0.05) is 23.6 Å². The van der Waals surface area contributed by atoms with E-state index < -0.39 is 17.5 Å². The van der Waals surface area contributed by atoms with E-state index >= 15 is 0 Å². The number of benzene rings is 2. The molecule has 0 aromatic heterocycles. The summed E-state index contributed by atoms with van der Waals surface area (Å²) in [5, 5.41) is 2.79. The van der Waals surface area contributed by atoms with Crippen molar-refractivity contribution in [2.75, 3.05) is 6.61 Å². The first-order chi connectivity index (χ1) is 10.1. The summed E-state index contributed by atoms with van der Waals surface area (Å²) in [6, 6.07) is 9.95. The summed E-state index contributed by atoms with van der Waals surface area (Å²) in [4.78, 5) is 12.1. The van der Waals surface area contributed by atoms with E-state index in [2.05, 4.69) is 5.32 Å². The van der Waals surface area contributed by atoms with Crippen molar-refractivity contribution in [3.05, 3.63) is 65.2 Å². The van der Waals surface area contributed by atoms with Crippen molar-refractivity contribution in [1.82, 2.24) is 5.32 Å². The maximum atomic E-state index is 13.2. The molecular formula is C16H13F2NO2. The second-order valence-electron chi connectivity index (χ2n) is 4.86. The second kappa shape index (κ2) is 5.52. The van der Waals surface area contributed by atoms with Crippen molar-refractivity contribution in [2.45, 2.75) is 12.5 Å². The van der Waals surface area contributed by atoms with Crippen LogP contribution in [-0.2, 0) is 0 Å². The van der Waals surface area contributed by atoms with Crippen molar-refractivity contribution in [2.24, 2.45) is 0 Å². The molecule has 5 heteroatoms. The van der Waals surface area contributed by atoms with Crippen LogP contribution in [0.4, 0.5) is 8.78 Å². The molecular weight excluding hydrogens is 276 g/mol. The normalized spacial score (nSPS) is 16.8. The van der Waals surface area contributed by atoms with Gasteiger partial charge in [0.15, 0.2) is 0 Å². The zero-order chi connectivity index (χ0) is 14.8. The van der Waals surface area contributed by atoms with Crippen LogP contribution >= 0.6 is 0 Å². The number of nitrogens with one attached hydrogen (secondary N) is 1. The highest BCUT2D eigenvalue weighted by atomic mass is 19.1. The molecule has 21 heavy (non-hydrogen) atoms. The molecule has 0 radical (unpaired) electrons. The highest BCUT2D eigenvalue weighted by molar-refractivity contribution is 5.94. The first kappa shape index (κ1) is 13.5. The van der Waals surface area contributed by atoms with E-state index in [9.17, 15) is 13.6 Å². The van der Waals surface area contributed by atoms with E-state index in [1.54, 1.807) is 0 Å². The first-order valence-electron chi connectivity index (χ1n) is 6.62. The van der Waals surface area contributed by atoms with Gasteiger partial charge in [-0.2, -0.15) is 0 Å². The summed E-state index contributed by atoms with van der Waals surface area (Å²) in [7, 11) is 0. The van der Waals surface area contributed by atoms with Gasteiger partial charge in [0.25, 0.3) is 5.91 Å². The van der Waals surface area contributed by atoms with Gasteiger partial charge in [-0.05, 0) is 18.2 Å². The lowest BCUT2D eigenvalue weighted by Gasteiger charge is -2.26. The Morgan fingerprint density at radius 3 is 2.62 bits per heavy atom. The number of rotatable bonds is 2. The monoisotopic (exact) mass is 289 g/mol. The predicted molar refractivity (Wildman–Crippen MR) is 73.1 cm³/mol. The van der Waals surface area contributed by atoms with Gasteiger partial charge in [0.1, 0.15) is 17.4 Å². The molecule has 0 fully saturated rings. The van der Waals surface area contributed by atoms with Crippen molar-refractivity contribution in [1.29, 1.82) is 0 Å². The second-order valence-corrected chi connectivity index (χ2v) is 4.86. The fraction of sp³-hybridized carbons (Fsp3) is 0.188. The van der Waals surface area contributed by atoms with Gasteiger partial charge in [-0.25, -0.2) is 8.78 Å². The van der Waals surface area contributed by atoms with Crippen LogP contribution in [0.15, 0.2) is 42.5 Å². The van der Waals surface area contributed by atoms with E-state index in [1.165, 1.54) is 0 Å². The maximum absolute atomic E-state index is 13.2. The van der Waals surface area contributed by atoms with Crippen molar-refractivity contribution in [3.63, 3.8) is 0 Å². The Morgan fingerprint density at radius 1 is 1.14 bits per heavy atom. The lowest BCUT2D eigenvalue weighted by Crippen LogP contribution is -2.32. The van der Waals surface area contributed by atoms with Gasteiger partial charge in [0.05, 0.1) is 12.6 Å². The third-order valence-electron chi connectivity index (χ3n) is 3.39. The van der Waals surface area contributed by atoms with Crippen LogP contribution in [0.25, 0.3) is 0 Å². The van der Waals surface area contributed by atoms with Crippen LogP contribution in [0.3, 0.4) is 0 Å². The molecule has 2 aromatic rings. The molecule has 0 bridgehead atoms. The number of ether oxygens (including phenoxy) is 1. The number of hydrogen-bond donors (Lipinski definition) is 1. The number of carbonyl (C=O) groups is 1. The molecule has 1 atom stereocenters. The number of amides is 1. The van der Waals surface area contributed by atoms with Crippen molar-refractivity contribution >= 4 is 5.91 Å². The van der Waals surface area contributed by atoms with E-state index in [0.29, 0.717) is 13.0 Å². The summed E-state index contributed by atoms with van der Waals surface area (Å²) in [6.07, 6.45) is 0.612. The topological polar surface area (TPSA) is 38.3 Å². The zero-order valence-corrected chi connectivity index (χ0v) is 11.1. The third-order valence-corrected chi connectivity index (χ3v) is 3.39. The predicted octanol–water partition coefficient (Wildman–Crippen LogP) is 3.22. The Kier molecular flexibility index (Phi) is 3.56. The van der Waals surface area contributed by atoms with Crippen molar-refractivity contribution in [3.8, 4) is 5.75 Å². The average molecular weight is 289 g/mol. The van der Waals surface area contributed by atoms with E-state index in [4.69, 9.17) is 4.74 Å². The molecule has 0 saturated carbocycles. The quantitative estimate of drug-likeness (QED) is 0.922. The minimum absolute atomic E-state index is 0.0310. The minimum atomic E-state index is -0.771. The molecule has 0 saturated heterocycles. The molecule has 1 heterocycles. The SMILES string of the molecule is O=C(NC1CCOc2ccccc21)c1cc(F)cc(F)c1. The lowest BCUT2D eigenvalue weighted by molar-refractivity contribution is 0.0924. The standard InChI is InChI=1S/C16H13F2NO2/c17-11-7-10(8-12(18)9-11)16(20)19-14-5-6-21-15-4-2-1-3-13(14)15/h1-4,7-9,14H,5-6H2,(H,19,20). The summed E-state index contributed by atoms with van der Waals surface area (Å²) in [5.41, 5.74) is 0.838. The van der Waals surface area contributed by atoms with Gasteiger partial charge in [-0.1, -0.05) is 18.2 Å². The van der Waals surface area contributed by atoms with Crippen molar-refractivity contribution < 1.29 is 18.3 Å². The average Bonchev–Trinajstić information content (AvgIpc) is 2.46. The fourth-order valence-electron chi connectivity index (χ4n) is 2.42. The Bertz CT molecular complexity index is 667. The molecule has 1 aliphatic rings. The molecule has 1 N–H and O–H groups in total. The summed E-state index contributed by atoms with van der Waals surface area (Å²) in [5.74, 6) is -1.32. The Hall–Kier alpha value is -2.43. The molecule has 108 valence electrons. The van der Waals surface area contributed by atoms with Gasteiger partial charge >= 0.3 is 0 Å². The van der Waals surface area contributed by atoms with Gasteiger partial charge in [-0.3, -0.25) is 4.79 Å². The van der Waals surface area contributed by atoms with E-state index in [0.717, 1.165) is 29.5 Å². The van der Waals surface area contributed by atoms with Gasteiger partial charge in [-0.15, -0.1) is 0 Å². The molecule has 3 rings (SSSR count). The molecule has 1 amide bonds. The first-order valence-corrected chi connectivity index (χ1v) is 6.62. The van der Waals surface area contributed by atoms with Crippen LogP contribution in [-0.4, -0.2) is 12.5 Å². The number of hydrogen-bond acceptors (Lipinski definition) is 2. The Morgan fingerprint density at radius 2 is 1.86 bits per heavy atom.